The van der Waals surface area contributed by atoms with Gasteiger partial charge in [0.05, 0.1) is 17.6 Å². The number of nitrogens with zero attached hydrogens (tertiary/aromatic N) is 3. The van der Waals surface area contributed by atoms with Gasteiger partial charge in [0.1, 0.15) is 24.3 Å². The second-order valence-corrected chi connectivity index (χ2v) is 9.17. The van der Waals surface area contributed by atoms with E-state index in [-0.39, 0.29) is 18.4 Å². The second kappa shape index (κ2) is 9.49. The van der Waals surface area contributed by atoms with Gasteiger partial charge in [-0.05, 0) is 55.5 Å². The molecule has 0 aliphatic carbocycles. The van der Waals surface area contributed by atoms with E-state index in [2.05, 4.69) is 0 Å². The molecule has 4 aromatic rings. The summed E-state index contributed by atoms with van der Waals surface area (Å²) in [6.07, 6.45) is -0.369. The third kappa shape index (κ3) is 4.65. The number of aliphatic hydroxyl groups is 1. The van der Waals surface area contributed by atoms with Gasteiger partial charge in [-0.2, -0.15) is 0 Å². The highest BCUT2D eigenvalue weighted by molar-refractivity contribution is 6.30. The molecule has 0 saturated carbocycles. The van der Waals surface area contributed by atoms with Crippen LogP contribution in [0.1, 0.15) is 23.7 Å². The predicted octanol–water partition coefficient (Wildman–Crippen LogP) is 4.96. The average Bonchev–Trinajstić information content (AvgIpc) is 3.40. The largest absolute Gasteiger partial charge is 0.491 e. The molecule has 1 aromatic heterocycles. The van der Waals surface area contributed by atoms with E-state index in [1.165, 1.54) is 0 Å². The smallest absolute Gasteiger partial charge is 0.227 e. The molecule has 0 bridgehead atoms. The lowest BCUT2D eigenvalue weighted by molar-refractivity contribution is -0.117. The zero-order chi connectivity index (χ0) is 23.7. The van der Waals surface area contributed by atoms with E-state index in [4.69, 9.17) is 21.3 Å². The molecule has 7 heteroatoms. The maximum absolute atomic E-state index is 12.9. The molecule has 0 radical (unpaired) electrons. The molecular formula is C27H26ClN3O3. The van der Waals surface area contributed by atoms with Crippen molar-refractivity contribution in [1.29, 1.82) is 0 Å². The molecule has 0 unspecified atom stereocenters. The Morgan fingerprint density at radius 3 is 2.59 bits per heavy atom. The standard InChI is InChI=1S/C27H26ClN3O3/c1-18-6-10-21(11-7-18)30-15-19(14-26(30)33)27-29-24-4-2-3-5-25(24)31(27)16-22(32)17-34-23-12-8-20(28)9-13-23/h2-13,19,22,32H,14-17H2,1H3/t19-,22+/m0/s1. The Balaban J connectivity index is 1.37. The SMILES string of the molecule is Cc1ccc(N2C[C@@H](c3nc4ccccc4n3C[C@@H](O)COc3ccc(Cl)cc3)CC2=O)cc1. The molecule has 5 rings (SSSR count). The number of halogens is 1. The lowest BCUT2D eigenvalue weighted by atomic mass is 10.1. The summed E-state index contributed by atoms with van der Waals surface area (Å²) in [5.41, 5.74) is 3.84. The summed E-state index contributed by atoms with van der Waals surface area (Å²) >= 11 is 5.93. The first-order valence-corrected chi connectivity index (χ1v) is 11.7. The van der Waals surface area contributed by atoms with Crippen LogP contribution in [-0.2, 0) is 11.3 Å². The molecule has 1 aliphatic heterocycles. The van der Waals surface area contributed by atoms with Crippen LogP contribution >= 0.6 is 11.6 Å². The van der Waals surface area contributed by atoms with Crippen LogP contribution < -0.4 is 9.64 Å². The Hall–Kier alpha value is -3.35. The molecule has 1 amide bonds. The summed E-state index contributed by atoms with van der Waals surface area (Å²) in [7, 11) is 0. The van der Waals surface area contributed by atoms with Crippen molar-refractivity contribution in [3.63, 3.8) is 0 Å². The number of aryl methyl sites for hydroxylation is 1. The third-order valence-corrected chi connectivity index (χ3v) is 6.42. The van der Waals surface area contributed by atoms with Crippen LogP contribution in [0.3, 0.4) is 0 Å². The lowest BCUT2D eigenvalue weighted by Crippen LogP contribution is -2.26. The summed E-state index contributed by atoms with van der Waals surface area (Å²) in [6.45, 7) is 3.04. The lowest BCUT2D eigenvalue weighted by Gasteiger charge is -2.19. The van der Waals surface area contributed by atoms with Gasteiger partial charge in [0.2, 0.25) is 5.91 Å². The molecule has 0 spiro atoms. The van der Waals surface area contributed by atoms with Crippen LogP contribution in [0, 0.1) is 6.92 Å². The fourth-order valence-corrected chi connectivity index (χ4v) is 4.57. The molecule has 2 atom stereocenters. The normalized spacial score (nSPS) is 16.9. The van der Waals surface area contributed by atoms with Gasteiger partial charge >= 0.3 is 0 Å². The summed E-state index contributed by atoms with van der Waals surface area (Å²) in [5.74, 6) is 1.48. The molecule has 1 saturated heterocycles. The van der Waals surface area contributed by atoms with Crippen LogP contribution in [0.4, 0.5) is 5.69 Å². The van der Waals surface area contributed by atoms with E-state index in [1.54, 1.807) is 24.3 Å². The van der Waals surface area contributed by atoms with Gasteiger partial charge in [-0.25, -0.2) is 4.98 Å². The topological polar surface area (TPSA) is 67.6 Å². The van der Waals surface area contributed by atoms with Crippen molar-refractivity contribution in [1.82, 2.24) is 9.55 Å². The second-order valence-electron chi connectivity index (χ2n) is 8.73. The minimum Gasteiger partial charge on any atom is -0.491 e. The summed E-state index contributed by atoms with van der Waals surface area (Å²) in [6, 6.07) is 22.9. The van der Waals surface area contributed by atoms with Crippen LogP contribution in [-0.4, -0.2) is 39.8 Å². The molecular weight excluding hydrogens is 450 g/mol. The fourth-order valence-electron chi connectivity index (χ4n) is 4.44. The number of benzene rings is 3. The van der Waals surface area contributed by atoms with E-state index in [0.717, 1.165) is 28.1 Å². The van der Waals surface area contributed by atoms with E-state index >= 15 is 0 Å². The van der Waals surface area contributed by atoms with Crippen LogP contribution in [0.2, 0.25) is 5.02 Å². The third-order valence-electron chi connectivity index (χ3n) is 6.17. The Kier molecular flexibility index (Phi) is 6.26. The highest BCUT2D eigenvalue weighted by Crippen LogP contribution is 2.33. The number of aromatic nitrogens is 2. The molecule has 34 heavy (non-hydrogen) atoms. The number of rotatable bonds is 7. The number of carbonyl (C=O) groups excluding carboxylic acids is 1. The summed E-state index contributed by atoms with van der Waals surface area (Å²) in [4.78, 5) is 19.6. The highest BCUT2D eigenvalue weighted by atomic mass is 35.5. The Morgan fingerprint density at radius 2 is 1.82 bits per heavy atom. The van der Waals surface area contributed by atoms with Gasteiger partial charge in [0.15, 0.2) is 0 Å². The number of carbonyl (C=O) groups is 1. The van der Waals surface area contributed by atoms with Gasteiger partial charge in [0, 0.05) is 29.6 Å². The summed E-state index contributed by atoms with van der Waals surface area (Å²) in [5, 5.41) is 11.4. The molecule has 2 heterocycles. The quantitative estimate of drug-likeness (QED) is 0.410. The van der Waals surface area contributed by atoms with Crippen LogP contribution in [0.25, 0.3) is 11.0 Å². The van der Waals surface area contributed by atoms with E-state index in [1.807, 2.05) is 64.9 Å². The number of fused-ring (bicyclic) bond motifs is 1. The van der Waals surface area contributed by atoms with E-state index in [0.29, 0.717) is 30.3 Å². The van der Waals surface area contributed by atoms with Gasteiger partial charge < -0.3 is 19.3 Å². The van der Waals surface area contributed by atoms with E-state index in [9.17, 15) is 9.90 Å². The van der Waals surface area contributed by atoms with Crippen molar-refractivity contribution in [3.05, 3.63) is 89.2 Å². The van der Waals surface area contributed by atoms with Crippen molar-refractivity contribution >= 4 is 34.2 Å². The minimum absolute atomic E-state index is 0.0643. The molecule has 174 valence electrons. The number of anilines is 1. The van der Waals surface area contributed by atoms with Crippen molar-refractivity contribution in [2.75, 3.05) is 18.1 Å². The van der Waals surface area contributed by atoms with Gasteiger partial charge in [-0.15, -0.1) is 0 Å². The van der Waals surface area contributed by atoms with Crippen LogP contribution in [0.5, 0.6) is 5.75 Å². The number of para-hydroxylation sites is 2. The summed E-state index contributed by atoms with van der Waals surface area (Å²) < 4.78 is 7.78. The Labute approximate surface area is 203 Å². The zero-order valence-corrected chi connectivity index (χ0v) is 19.7. The fraction of sp³-hybridized carbons (Fsp3) is 0.259. The number of aliphatic hydroxyl groups excluding tert-OH is 1. The maximum atomic E-state index is 12.9. The zero-order valence-electron chi connectivity index (χ0n) is 18.9. The number of ether oxygens (including phenoxy) is 1. The number of imidazole rings is 1. The Morgan fingerprint density at radius 1 is 1.09 bits per heavy atom. The van der Waals surface area contributed by atoms with Crippen molar-refractivity contribution in [3.8, 4) is 5.75 Å². The van der Waals surface area contributed by atoms with Crippen molar-refractivity contribution in [2.24, 2.45) is 0 Å². The van der Waals surface area contributed by atoms with Crippen LogP contribution in [0.15, 0.2) is 72.8 Å². The highest BCUT2D eigenvalue weighted by Gasteiger charge is 2.35. The monoisotopic (exact) mass is 475 g/mol. The first kappa shape index (κ1) is 22.4. The van der Waals surface area contributed by atoms with Gasteiger partial charge in [-0.1, -0.05) is 41.4 Å². The predicted molar refractivity (Wildman–Crippen MR) is 134 cm³/mol. The minimum atomic E-state index is -0.752. The van der Waals surface area contributed by atoms with Gasteiger partial charge in [-0.3, -0.25) is 4.79 Å². The average molecular weight is 476 g/mol. The first-order valence-electron chi connectivity index (χ1n) is 11.4. The van der Waals surface area contributed by atoms with Crippen molar-refractivity contribution < 1.29 is 14.6 Å². The first-order chi connectivity index (χ1) is 16.5. The molecule has 1 N–H and O–H groups in total. The molecule has 6 nitrogen and oxygen atoms in total. The number of hydrogen-bond acceptors (Lipinski definition) is 4. The number of hydrogen-bond donors (Lipinski definition) is 1. The molecule has 1 aliphatic rings. The van der Waals surface area contributed by atoms with Gasteiger partial charge in [0.25, 0.3) is 0 Å². The van der Waals surface area contributed by atoms with Crippen molar-refractivity contribution in [2.45, 2.75) is 31.9 Å². The van der Waals surface area contributed by atoms with E-state index < -0.39 is 6.10 Å². The molecule has 3 aromatic carbocycles. The molecule has 1 fully saturated rings. The maximum Gasteiger partial charge on any atom is 0.227 e. The number of amides is 1. The Bertz CT molecular complexity index is 1300.